The molecule has 0 saturated carbocycles. The molecular formula is C22H47NO2. The number of rotatable bonds is 19. The van der Waals surface area contributed by atoms with Crippen molar-refractivity contribution in [2.45, 2.75) is 97.8 Å². The third-order valence-electron chi connectivity index (χ3n) is 5.63. The van der Waals surface area contributed by atoms with Crippen molar-refractivity contribution < 1.29 is 10.2 Å². The Labute approximate surface area is 158 Å². The number of aliphatic hydroxyl groups is 2. The van der Waals surface area contributed by atoms with Crippen LogP contribution in [0.4, 0.5) is 0 Å². The Morgan fingerprint density at radius 2 is 1.28 bits per heavy atom. The smallest absolute Gasteiger partial charge is 0.0558 e. The maximum Gasteiger partial charge on any atom is 0.0558 e. The van der Waals surface area contributed by atoms with Gasteiger partial charge in [0.05, 0.1) is 13.2 Å². The molecule has 0 aromatic carbocycles. The molecule has 0 amide bonds. The Kier molecular flexibility index (Phi) is 18.6. The molecule has 0 aliphatic carbocycles. The van der Waals surface area contributed by atoms with Crippen LogP contribution in [0.25, 0.3) is 0 Å². The molecule has 25 heavy (non-hydrogen) atoms. The van der Waals surface area contributed by atoms with Gasteiger partial charge >= 0.3 is 0 Å². The Morgan fingerprint density at radius 1 is 0.680 bits per heavy atom. The topological polar surface area (TPSA) is 43.7 Å². The molecule has 152 valence electrons. The molecule has 0 radical (unpaired) electrons. The van der Waals surface area contributed by atoms with E-state index in [-0.39, 0.29) is 13.2 Å². The second-order valence-electron chi connectivity index (χ2n) is 7.94. The van der Waals surface area contributed by atoms with Crippen molar-refractivity contribution in [3.05, 3.63) is 0 Å². The van der Waals surface area contributed by atoms with E-state index >= 15 is 0 Å². The molecule has 0 aliphatic heterocycles. The fraction of sp³-hybridized carbons (Fsp3) is 1.00. The van der Waals surface area contributed by atoms with Crippen molar-refractivity contribution >= 4 is 0 Å². The molecule has 0 saturated heterocycles. The maximum atomic E-state index is 9.10. The van der Waals surface area contributed by atoms with Gasteiger partial charge in [0, 0.05) is 13.1 Å². The lowest BCUT2D eigenvalue weighted by Crippen LogP contribution is -2.31. The van der Waals surface area contributed by atoms with Gasteiger partial charge in [0.25, 0.3) is 0 Å². The first-order chi connectivity index (χ1) is 12.2. The van der Waals surface area contributed by atoms with E-state index in [4.69, 9.17) is 10.2 Å². The summed E-state index contributed by atoms with van der Waals surface area (Å²) in [5.41, 5.74) is 0. The third kappa shape index (κ3) is 15.8. The van der Waals surface area contributed by atoms with E-state index in [0.717, 1.165) is 18.4 Å². The van der Waals surface area contributed by atoms with Crippen molar-refractivity contribution in [1.29, 1.82) is 0 Å². The Balaban J connectivity index is 3.74. The van der Waals surface area contributed by atoms with Crippen LogP contribution in [0.15, 0.2) is 0 Å². The van der Waals surface area contributed by atoms with E-state index in [2.05, 4.69) is 25.7 Å². The molecular weight excluding hydrogens is 310 g/mol. The second-order valence-corrected chi connectivity index (χ2v) is 7.94. The highest BCUT2D eigenvalue weighted by molar-refractivity contribution is 4.65. The summed E-state index contributed by atoms with van der Waals surface area (Å²) in [7, 11) is 0. The molecule has 0 aliphatic rings. The summed E-state index contributed by atoms with van der Waals surface area (Å²) in [6.07, 6.45) is 16.4. The number of hydrogen-bond acceptors (Lipinski definition) is 3. The number of nitrogens with zero attached hydrogens (tertiary/aromatic N) is 1. The van der Waals surface area contributed by atoms with Gasteiger partial charge in [-0.1, -0.05) is 91.4 Å². The number of aliphatic hydroxyl groups excluding tert-OH is 2. The number of unbranched alkanes of at least 4 members (excludes halogenated alkanes) is 6. The van der Waals surface area contributed by atoms with Gasteiger partial charge in [0.2, 0.25) is 0 Å². The zero-order valence-electron chi connectivity index (χ0n) is 17.5. The zero-order chi connectivity index (χ0) is 18.8. The van der Waals surface area contributed by atoms with E-state index in [0.29, 0.717) is 13.1 Å². The monoisotopic (exact) mass is 357 g/mol. The van der Waals surface area contributed by atoms with E-state index in [1.807, 2.05) is 0 Å². The van der Waals surface area contributed by atoms with Crippen LogP contribution >= 0.6 is 0 Å². The molecule has 0 aromatic rings. The van der Waals surface area contributed by atoms with Crippen LogP contribution in [-0.4, -0.2) is 48.0 Å². The van der Waals surface area contributed by atoms with Crippen molar-refractivity contribution in [2.75, 3.05) is 32.8 Å². The minimum absolute atomic E-state index is 0.187. The van der Waals surface area contributed by atoms with Crippen molar-refractivity contribution in [2.24, 2.45) is 11.8 Å². The van der Waals surface area contributed by atoms with Crippen LogP contribution in [0.3, 0.4) is 0 Å². The second kappa shape index (κ2) is 18.7. The van der Waals surface area contributed by atoms with Gasteiger partial charge in [-0.25, -0.2) is 0 Å². The SMILES string of the molecule is CCCCCCCCCC(C)CCC(CC)CCN(CCO)CCO. The fourth-order valence-corrected chi connectivity index (χ4v) is 3.65. The Morgan fingerprint density at radius 3 is 1.84 bits per heavy atom. The van der Waals surface area contributed by atoms with Gasteiger partial charge in [-0.2, -0.15) is 0 Å². The summed E-state index contributed by atoms with van der Waals surface area (Å²) in [4.78, 5) is 2.19. The van der Waals surface area contributed by atoms with E-state index in [9.17, 15) is 0 Å². The minimum Gasteiger partial charge on any atom is -0.395 e. The minimum atomic E-state index is 0.187. The molecule has 2 N–H and O–H groups in total. The zero-order valence-corrected chi connectivity index (χ0v) is 17.5. The lowest BCUT2D eigenvalue weighted by molar-refractivity contribution is 0.152. The molecule has 3 nitrogen and oxygen atoms in total. The first kappa shape index (κ1) is 24.9. The third-order valence-corrected chi connectivity index (χ3v) is 5.63. The van der Waals surface area contributed by atoms with Crippen LogP contribution in [0, 0.1) is 11.8 Å². The highest BCUT2D eigenvalue weighted by atomic mass is 16.3. The standard InChI is InChI=1S/C22H47NO2/c1-4-6-7-8-9-10-11-12-21(3)13-14-22(5-2)15-16-23(17-19-24)18-20-25/h21-22,24-25H,4-20H2,1-3H3. The molecule has 0 rings (SSSR count). The maximum absolute atomic E-state index is 9.10. The van der Waals surface area contributed by atoms with Crippen LogP contribution in [0.1, 0.15) is 97.8 Å². The summed E-state index contributed by atoms with van der Waals surface area (Å²) in [6.45, 7) is 9.76. The lowest BCUT2D eigenvalue weighted by Gasteiger charge is -2.24. The summed E-state index contributed by atoms with van der Waals surface area (Å²) >= 11 is 0. The number of hydrogen-bond donors (Lipinski definition) is 2. The molecule has 0 aromatic heterocycles. The molecule has 2 atom stereocenters. The Bertz CT molecular complexity index is 254. The van der Waals surface area contributed by atoms with E-state index < -0.39 is 0 Å². The van der Waals surface area contributed by atoms with Gasteiger partial charge in [-0.3, -0.25) is 4.90 Å². The lowest BCUT2D eigenvalue weighted by atomic mass is 9.90. The van der Waals surface area contributed by atoms with Gasteiger partial charge in [-0.05, 0) is 24.8 Å². The van der Waals surface area contributed by atoms with E-state index in [1.165, 1.54) is 77.0 Å². The first-order valence-electron chi connectivity index (χ1n) is 11.1. The highest BCUT2D eigenvalue weighted by Crippen LogP contribution is 2.22. The van der Waals surface area contributed by atoms with Crippen molar-refractivity contribution in [3.63, 3.8) is 0 Å². The van der Waals surface area contributed by atoms with Crippen molar-refractivity contribution in [1.82, 2.24) is 4.90 Å². The van der Waals surface area contributed by atoms with Crippen LogP contribution in [0.2, 0.25) is 0 Å². The highest BCUT2D eigenvalue weighted by Gasteiger charge is 2.12. The van der Waals surface area contributed by atoms with Gasteiger partial charge in [0.1, 0.15) is 0 Å². The Hall–Kier alpha value is -0.120. The normalized spacial score (nSPS) is 14.2. The average Bonchev–Trinajstić information content (AvgIpc) is 2.61. The van der Waals surface area contributed by atoms with E-state index in [1.54, 1.807) is 0 Å². The summed E-state index contributed by atoms with van der Waals surface area (Å²) in [5, 5.41) is 18.2. The molecule has 0 fully saturated rings. The predicted octanol–water partition coefficient (Wildman–Crippen LogP) is 5.25. The summed E-state index contributed by atoms with van der Waals surface area (Å²) in [6, 6.07) is 0. The molecule has 0 bridgehead atoms. The van der Waals surface area contributed by atoms with Gasteiger partial charge in [0.15, 0.2) is 0 Å². The largest absolute Gasteiger partial charge is 0.395 e. The molecule has 0 spiro atoms. The fourth-order valence-electron chi connectivity index (χ4n) is 3.65. The summed E-state index contributed by atoms with van der Waals surface area (Å²) < 4.78 is 0. The molecule has 0 heterocycles. The molecule has 3 heteroatoms. The van der Waals surface area contributed by atoms with Crippen LogP contribution in [0.5, 0.6) is 0 Å². The first-order valence-corrected chi connectivity index (χ1v) is 11.1. The van der Waals surface area contributed by atoms with Gasteiger partial charge in [-0.15, -0.1) is 0 Å². The van der Waals surface area contributed by atoms with Crippen LogP contribution < -0.4 is 0 Å². The quantitative estimate of drug-likeness (QED) is 0.310. The predicted molar refractivity (Wildman–Crippen MR) is 110 cm³/mol. The van der Waals surface area contributed by atoms with Crippen LogP contribution in [-0.2, 0) is 0 Å². The van der Waals surface area contributed by atoms with Gasteiger partial charge < -0.3 is 10.2 Å². The van der Waals surface area contributed by atoms with Crippen molar-refractivity contribution in [3.8, 4) is 0 Å². The average molecular weight is 358 g/mol. The summed E-state index contributed by atoms with van der Waals surface area (Å²) in [5.74, 6) is 1.65. The molecule has 2 unspecified atom stereocenters.